The highest BCUT2D eigenvalue weighted by Gasteiger charge is 2.49. The number of rotatable bonds is 11. The number of amides is 1. The number of fused-ring (bicyclic) bond motifs is 5. The molecule has 0 unspecified atom stereocenters. The standard InChI is InChI=1S/C48H52Cl2N10O6S/c1-26-27(2)67-47-40(26)42(30-4-8-31(49)9-5-30)51-36(46-56-55-28(3)60(46)47)23-39(62)59-14-12-32(13-15-59)58-18-16-57(17-19-58)20-21-63-33-10-6-29(7-11-33)41-34(50)22-35-45(53-41)54-48(52-35)66-38-25-65-43-37(61)24-64-44(38)43/h4-11,22,32,36-38,43-44,61H,12-21,23-25H2,1-3H3,(H,52,53,54)/t36-,37+,38+,43+,44+/m0/s1. The molecule has 1 amide bonds. The minimum absolute atomic E-state index is 0.0976. The summed E-state index contributed by atoms with van der Waals surface area (Å²) in [5, 5.41) is 21.3. The average molecular weight is 968 g/mol. The number of aryl methyl sites for hydroxylation is 2. The Kier molecular flexibility index (Phi) is 12.3. The van der Waals surface area contributed by atoms with Crippen LogP contribution in [0.1, 0.15) is 58.5 Å². The first kappa shape index (κ1) is 44.5. The first-order chi connectivity index (χ1) is 32.5. The number of aliphatic hydroxyl groups excluding tert-OH is 1. The molecule has 5 atom stereocenters. The fourth-order valence-electron chi connectivity index (χ4n) is 10.1. The SMILES string of the molecule is Cc1sc2c(c1C)C(c1ccc(Cl)cc1)=N[C@@H](CC(=O)N1CCC(N3CCN(CCOc4ccc(-c5nc6nc(O[C@@H]7CO[C@H]8[C@@H]7OC[C@H]8O)[nH]c6cc5Cl)cc4)CC3)CC1)c1nnc(C)n1-2. The molecule has 6 aromatic rings. The van der Waals surface area contributed by atoms with Crippen LogP contribution < -0.4 is 9.47 Å². The summed E-state index contributed by atoms with van der Waals surface area (Å²) in [6.45, 7) is 13.6. The summed E-state index contributed by atoms with van der Waals surface area (Å²) in [6, 6.07) is 17.6. The van der Waals surface area contributed by atoms with E-state index in [4.69, 9.17) is 52.1 Å². The Hall–Kier alpha value is -4.98. The molecule has 350 valence electrons. The lowest BCUT2D eigenvalue weighted by atomic mass is 9.99. The summed E-state index contributed by atoms with van der Waals surface area (Å²) in [5.74, 6) is 2.36. The number of aromatic amines is 1. The molecule has 0 bridgehead atoms. The zero-order chi connectivity index (χ0) is 45.9. The molecule has 11 rings (SSSR count). The molecule has 67 heavy (non-hydrogen) atoms. The number of imidazole rings is 1. The summed E-state index contributed by atoms with van der Waals surface area (Å²) in [4.78, 5) is 40.1. The van der Waals surface area contributed by atoms with Gasteiger partial charge in [-0.15, -0.1) is 21.5 Å². The maximum atomic E-state index is 14.1. The van der Waals surface area contributed by atoms with Crippen LogP contribution in [0.15, 0.2) is 59.6 Å². The molecule has 4 aromatic heterocycles. The number of piperidine rings is 1. The largest absolute Gasteiger partial charge is 0.492 e. The number of benzene rings is 2. The second-order valence-corrected chi connectivity index (χ2v) is 20.1. The zero-order valence-electron chi connectivity index (χ0n) is 37.5. The third-order valence-corrected chi connectivity index (χ3v) is 15.7. The van der Waals surface area contributed by atoms with Crippen molar-refractivity contribution in [1.29, 1.82) is 0 Å². The molecule has 19 heteroatoms. The highest BCUT2D eigenvalue weighted by molar-refractivity contribution is 7.15. The quantitative estimate of drug-likeness (QED) is 0.147. The number of halogens is 2. The predicted octanol–water partition coefficient (Wildman–Crippen LogP) is 6.37. The Morgan fingerprint density at radius 1 is 0.910 bits per heavy atom. The molecule has 4 fully saturated rings. The first-order valence-electron chi connectivity index (χ1n) is 23.0. The number of ether oxygens (including phenoxy) is 4. The Balaban J connectivity index is 0.650. The average Bonchev–Trinajstić information content (AvgIpc) is 4.15. The number of piperazine rings is 1. The van der Waals surface area contributed by atoms with Gasteiger partial charge < -0.3 is 33.9 Å². The maximum Gasteiger partial charge on any atom is 0.296 e. The molecule has 0 radical (unpaired) electrons. The van der Waals surface area contributed by atoms with Crippen LogP contribution in [0.3, 0.4) is 0 Å². The lowest BCUT2D eigenvalue weighted by Gasteiger charge is -2.42. The van der Waals surface area contributed by atoms with Crippen LogP contribution in [0.2, 0.25) is 10.0 Å². The van der Waals surface area contributed by atoms with Crippen molar-refractivity contribution in [2.75, 3.05) is 65.6 Å². The molecule has 16 nitrogen and oxygen atoms in total. The molecule has 5 aliphatic heterocycles. The van der Waals surface area contributed by atoms with E-state index in [-0.39, 0.29) is 31.1 Å². The molecule has 0 saturated carbocycles. The molecule has 9 heterocycles. The number of aromatic nitrogens is 6. The monoisotopic (exact) mass is 966 g/mol. The normalized spacial score (nSPS) is 23.5. The van der Waals surface area contributed by atoms with Gasteiger partial charge >= 0.3 is 0 Å². The van der Waals surface area contributed by atoms with Gasteiger partial charge in [-0.05, 0) is 81.6 Å². The molecular formula is C48H52Cl2N10O6S. The number of aliphatic hydroxyl groups is 1. The summed E-state index contributed by atoms with van der Waals surface area (Å²) in [7, 11) is 0. The fourth-order valence-corrected chi connectivity index (χ4v) is 11.7. The van der Waals surface area contributed by atoms with Gasteiger partial charge in [0.25, 0.3) is 6.01 Å². The van der Waals surface area contributed by atoms with Gasteiger partial charge in [0.05, 0.1) is 41.6 Å². The Morgan fingerprint density at radius 2 is 1.66 bits per heavy atom. The molecule has 0 aliphatic carbocycles. The highest BCUT2D eigenvalue weighted by Crippen LogP contribution is 2.40. The van der Waals surface area contributed by atoms with Crippen LogP contribution in [0, 0.1) is 20.8 Å². The second kappa shape index (κ2) is 18.5. The van der Waals surface area contributed by atoms with Crippen LogP contribution in [0.4, 0.5) is 0 Å². The number of hydrogen-bond donors (Lipinski definition) is 2. The number of carbonyl (C=O) groups excluding carboxylic acids is 1. The van der Waals surface area contributed by atoms with E-state index in [9.17, 15) is 9.90 Å². The van der Waals surface area contributed by atoms with Gasteiger partial charge in [0.15, 0.2) is 17.6 Å². The lowest BCUT2D eigenvalue weighted by Crippen LogP contribution is -2.54. The Labute approximate surface area is 401 Å². The number of H-pyrrole nitrogens is 1. The first-order valence-corrected chi connectivity index (χ1v) is 24.6. The molecule has 5 aliphatic rings. The van der Waals surface area contributed by atoms with E-state index in [0.717, 1.165) is 97.6 Å². The van der Waals surface area contributed by atoms with Crippen molar-refractivity contribution in [2.24, 2.45) is 4.99 Å². The number of carbonyl (C=O) groups is 1. The smallest absolute Gasteiger partial charge is 0.296 e. The van der Waals surface area contributed by atoms with Gasteiger partial charge in [0, 0.05) is 78.4 Å². The summed E-state index contributed by atoms with van der Waals surface area (Å²) in [5.41, 5.74) is 6.64. The molecule has 2 N–H and O–H groups in total. The fraction of sp³-hybridized carbons (Fsp3) is 0.458. The van der Waals surface area contributed by atoms with Crippen molar-refractivity contribution in [2.45, 2.75) is 76.5 Å². The number of nitrogens with zero attached hydrogens (tertiary/aromatic N) is 9. The minimum atomic E-state index is -0.655. The number of thiophene rings is 1. The van der Waals surface area contributed by atoms with E-state index in [1.54, 1.807) is 17.4 Å². The van der Waals surface area contributed by atoms with Gasteiger partial charge in [0.1, 0.15) is 47.5 Å². The van der Waals surface area contributed by atoms with Gasteiger partial charge in [-0.1, -0.05) is 35.3 Å². The summed E-state index contributed by atoms with van der Waals surface area (Å²) < 4.78 is 25.7. The van der Waals surface area contributed by atoms with Crippen LogP contribution in [0.25, 0.3) is 27.4 Å². The van der Waals surface area contributed by atoms with E-state index >= 15 is 0 Å². The van der Waals surface area contributed by atoms with Gasteiger partial charge in [-0.3, -0.25) is 24.2 Å². The van der Waals surface area contributed by atoms with Crippen LogP contribution >= 0.6 is 34.5 Å². The summed E-state index contributed by atoms with van der Waals surface area (Å²) in [6.07, 6.45) is 0.346. The van der Waals surface area contributed by atoms with Crippen LogP contribution in [-0.4, -0.2) is 157 Å². The van der Waals surface area contributed by atoms with Crippen molar-refractivity contribution in [3.63, 3.8) is 0 Å². The number of hydrogen-bond acceptors (Lipinski definition) is 14. The molecule has 4 saturated heterocycles. The number of aliphatic imine (C=N–C) groups is 1. The third kappa shape index (κ3) is 8.73. The second-order valence-electron chi connectivity index (χ2n) is 18.0. The van der Waals surface area contributed by atoms with E-state index in [0.29, 0.717) is 58.0 Å². The van der Waals surface area contributed by atoms with E-state index in [2.05, 4.69) is 48.4 Å². The summed E-state index contributed by atoms with van der Waals surface area (Å²) >= 11 is 14.7. The van der Waals surface area contributed by atoms with E-state index in [1.807, 2.05) is 60.4 Å². The number of likely N-dealkylation sites (tertiary alicyclic amines) is 1. The van der Waals surface area contributed by atoms with Gasteiger partial charge in [0.2, 0.25) is 5.91 Å². The topological polar surface area (TPSA) is 169 Å². The van der Waals surface area contributed by atoms with Gasteiger partial charge in [-0.2, -0.15) is 4.98 Å². The van der Waals surface area contributed by atoms with Crippen molar-refractivity contribution in [1.82, 2.24) is 44.4 Å². The molecule has 0 spiro atoms. The number of pyridine rings is 1. The predicted molar refractivity (Wildman–Crippen MR) is 255 cm³/mol. The van der Waals surface area contributed by atoms with E-state index < -0.39 is 18.2 Å². The molecule has 2 aromatic carbocycles. The van der Waals surface area contributed by atoms with Crippen molar-refractivity contribution < 1.29 is 28.8 Å². The Morgan fingerprint density at radius 3 is 2.43 bits per heavy atom. The third-order valence-electron chi connectivity index (χ3n) is 13.9. The van der Waals surface area contributed by atoms with Crippen molar-refractivity contribution in [3.05, 3.63) is 97.9 Å². The zero-order valence-corrected chi connectivity index (χ0v) is 39.9. The Bertz CT molecular complexity index is 2820. The maximum absolute atomic E-state index is 14.1. The number of nitrogens with one attached hydrogen (secondary N) is 1. The minimum Gasteiger partial charge on any atom is -0.492 e. The van der Waals surface area contributed by atoms with Gasteiger partial charge in [-0.25, -0.2) is 4.98 Å². The van der Waals surface area contributed by atoms with Crippen LogP contribution in [0.5, 0.6) is 11.8 Å². The highest BCUT2D eigenvalue weighted by atomic mass is 35.5. The molecular weight excluding hydrogens is 916 g/mol. The van der Waals surface area contributed by atoms with Crippen LogP contribution in [-0.2, 0) is 14.3 Å². The van der Waals surface area contributed by atoms with Crippen molar-refractivity contribution in [3.8, 4) is 28.0 Å². The lowest BCUT2D eigenvalue weighted by molar-refractivity contribution is -0.133. The van der Waals surface area contributed by atoms with E-state index in [1.165, 1.54) is 10.4 Å². The van der Waals surface area contributed by atoms with Crippen molar-refractivity contribution >= 4 is 57.3 Å².